The number of aliphatic hydroxyl groups excluding tert-OH is 3. The zero-order valence-corrected chi connectivity index (χ0v) is 20.9. The van der Waals surface area contributed by atoms with Crippen molar-refractivity contribution < 1.29 is 29.5 Å². The van der Waals surface area contributed by atoms with Crippen LogP contribution < -0.4 is 4.74 Å². The molecular formula is C26H39N4O6+. The van der Waals surface area contributed by atoms with Crippen molar-refractivity contribution in [3.05, 3.63) is 58.6 Å². The number of hydrogen-bond donors (Lipinski definition) is 3. The molecule has 0 heterocycles. The van der Waals surface area contributed by atoms with Crippen molar-refractivity contribution in [3.63, 3.8) is 0 Å². The Morgan fingerprint density at radius 2 is 1.17 bits per heavy atom. The number of nitrogens with zero attached hydrogens (tertiary/aromatic N) is 4. The van der Waals surface area contributed by atoms with Crippen molar-refractivity contribution in [1.82, 2.24) is 0 Å². The summed E-state index contributed by atoms with van der Waals surface area (Å²) in [7, 11) is 0. The van der Waals surface area contributed by atoms with Crippen LogP contribution in [0.2, 0.25) is 0 Å². The molecule has 0 aliphatic heterocycles. The molecule has 0 atom stereocenters. The topological polar surface area (TPSA) is 138 Å². The van der Waals surface area contributed by atoms with Gasteiger partial charge in [-0.25, -0.2) is 0 Å². The van der Waals surface area contributed by atoms with E-state index in [4.69, 9.17) is 4.74 Å². The number of ether oxygens (including phenoxy) is 1. The number of unbranched alkanes of at least 4 members (excludes halogenated alkanes) is 5. The second kappa shape index (κ2) is 16.7. The first kappa shape index (κ1) is 29.3. The minimum atomic E-state index is -0.452. The molecule has 0 bridgehead atoms. The maximum absolute atomic E-state index is 10.7. The highest BCUT2D eigenvalue weighted by Crippen LogP contribution is 2.23. The molecule has 0 radical (unpaired) electrons. The summed E-state index contributed by atoms with van der Waals surface area (Å²) in [5, 5.41) is 47.0. The van der Waals surface area contributed by atoms with Gasteiger partial charge in [-0.3, -0.25) is 10.1 Å². The molecule has 0 saturated heterocycles. The van der Waals surface area contributed by atoms with Crippen LogP contribution >= 0.6 is 0 Å². The van der Waals surface area contributed by atoms with Crippen molar-refractivity contribution in [3.8, 4) is 5.75 Å². The van der Waals surface area contributed by atoms with Crippen LogP contribution in [0.5, 0.6) is 5.75 Å². The Bertz CT molecular complexity index is 889. The summed E-state index contributed by atoms with van der Waals surface area (Å²) in [5.41, 5.74) is 1.23. The zero-order chi connectivity index (χ0) is 26.1. The molecule has 0 saturated carbocycles. The largest absolute Gasteiger partial charge is 0.494 e. The molecule has 3 N–H and O–H groups in total. The third-order valence-electron chi connectivity index (χ3n) is 6.20. The number of quaternary nitrogens is 1. The fourth-order valence-electron chi connectivity index (χ4n) is 4.12. The standard InChI is InChI=1S/C26H39N4O6/c31-19-16-30(17-20-32,18-21-33)15-5-3-1-2-4-6-22-36-26-13-9-24(10-14-26)28-27-23-7-11-25(12-8-23)29(34)35/h7-14,31-33H,1-6,15-22H2/q+1. The van der Waals surface area contributed by atoms with Gasteiger partial charge in [0.25, 0.3) is 5.69 Å². The van der Waals surface area contributed by atoms with E-state index in [2.05, 4.69) is 10.2 Å². The van der Waals surface area contributed by atoms with E-state index in [1.54, 1.807) is 12.1 Å². The average Bonchev–Trinajstić information content (AvgIpc) is 2.88. The molecule has 0 aliphatic carbocycles. The predicted octanol–water partition coefficient (Wildman–Crippen LogP) is 4.52. The van der Waals surface area contributed by atoms with Gasteiger partial charge in [-0.2, -0.15) is 10.2 Å². The molecule has 10 heteroatoms. The molecule has 2 aromatic carbocycles. The summed E-state index contributed by atoms with van der Waals surface area (Å²) in [6, 6.07) is 13.2. The number of nitro benzene ring substituents is 1. The number of nitro groups is 1. The molecule has 0 spiro atoms. The van der Waals surface area contributed by atoms with E-state index in [0.29, 0.717) is 42.1 Å². The molecule has 0 unspecified atom stereocenters. The van der Waals surface area contributed by atoms with Gasteiger partial charge in [0.05, 0.1) is 49.3 Å². The minimum Gasteiger partial charge on any atom is -0.494 e. The van der Waals surface area contributed by atoms with Gasteiger partial charge in [-0.15, -0.1) is 0 Å². The first-order valence-corrected chi connectivity index (χ1v) is 12.6. The predicted molar refractivity (Wildman–Crippen MR) is 138 cm³/mol. The Balaban J connectivity index is 1.60. The third kappa shape index (κ3) is 10.8. The highest BCUT2D eigenvalue weighted by Gasteiger charge is 2.25. The van der Waals surface area contributed by atoms with Crippen LogP contribution in [-0.4, -0.2) is 77.3 Å². The van der Waals surface area contributed by atoms with Crippen LogP contribution in [0.25, 0.3) is 0 Å². The molecule has 0 aromatic heterocycles. The van der Waals surface area contributed by atoms with E-state index in [-0.39, 0.29) is 25.5 Å². The second-order valence-electron chi connectivity index (χ2n) is 8.84. The fraction of sp³-hybridized carbons (Fsp3) is 0.538. The fourth-order valence-corrected chi connectivity index (χ4v) is 4.12. The summed E-state index contributed by atoms with van der Waals surface area (Å²) < 4.78 is 6.38. The SMILES string of the molecule is O=[N+]([O-])c1ccc(N=Nc2ccc(OCCCCCCCC[N+](CCO)(CCO)CCO)cc2)cc1. The number of non-ortho nitro benzene ring substituents is 1. The van der Waals surface area contributed by atoms with E-state index in [0.717, 1.165) is 50.8 Å². The van der Waals surface area contributed by atoms with Gasteiger partial charge >= 0.3 is 0 Å². The van der Waals surface area contributed by atoms with Gasteiger partial charge in [-0.05, 0) is 55.7 Å². The number of hydrogen-bond acceptors (Lipinski definition) is 8. The van der Waals surface area contributed by atoms with Gasteiger partial charge in [0.2, 0.25) is 0 Å². The van der Waals surface area contributed by atoms with E-state index in [1.807, 2.05) is 24.3 Å². The Kier molecular flexibility index (Phi) is 13.6. The lowest BCUT2D eigenvalue weighted by Gasteiger charge is -2.37. The number of benzene rings is 2. The number of azo groups is 1. The maximum Gasteiger partial charge on any atom is 0.269 e. The zero-order valence-electron chi connectivity index (χ0n) is 20.9. The van der Waals surface area contributed by atoms with Crippen LogP contribution in [0.3, 0.4) is 0 Å². The Hall–Kier alpha value is -2.92. The lowest BCUT2D eigenvalue weighted by atomic mass is 10.1. The molecule has 0 fully saturated rings. The average molecular weight is 504 g/mol. The molecular weight excluding hydrogens is 464 g/mol. The van der Waals surface area contributed by atoms with Crippen LogP contribution in [0.4, 0.5) is 17.1 Å². The van der Waals surface area contributed by atoms with Crippen molar-refractivity contribution in [2.45, 2.75) is 38.5 Å². The minimum absolute atomic E-state index is 0.0172. The summed E-state index contributed by atoms with van der Waals surface area (Å²) >= 11 is 0. The summed E-state index contributed by atoms with van der Waals surface area (Å²) in [6.07, 6.45) is 6.44. The van der Waals surface area contributed by atoms with Crippen molar-refractivity contribution in [2.24, 2.45) is 10.2 Å². The van der Waals surface area contributed by atoms with E-state index >= 15 is 0 Å². The summed E-state index contributed by atoms with van der Waals surface area (Å²) in [4.78, 5) is 10.2. The van der Waals surface area contributed by atoms with Crippen molar-refractivity contribution >= 4 is 17.1 Å². The molecule has 198 valence electrons. The van der Waals surface area contributed by atoms with Gasteiger partial charge in [0.1, 0.15) is 25.4 Å². The lowest BCUT2D eigenvalue weighted by molar-refractivity contribution is -0.929. The van der Waals surface area contributed by atoms with E-state index < -0.39 is 4.92 Å². The Morgan fingerprint density at radius 1 is 0.694 bits per heavy atom. The van der Waals surface area contributed by atoms with Crippen LogP contribution in [0.1, 0.15) is 38.5 Å². The highest BCUT2D eigenvalue weighted by molar-refractivity contribution is 5.45. The third-order valence-corrected chi connectivity index (χ3v) is 6.20. The van der Waals surface area contributed by atoms with Gasteiger partial charge < -0.3 is 24.5 Å². The summed E-state index contributed by atoms with van der Waals surface area (Å²) in [6.45, 7) is 3.42. The monoisotopic (exact) mass is 503 g/mol. The second-order valence-corrected chi connectivity index (χ2v) is 8.84. The maximum atomic E-state index is 10.7. The molecule has 0 amide bonds. The van der Waals surface area contributed by atoms with E-state index in [9.17, 15) is 25.4 Å². The lowest BCUT2D eigenvalue weighted by Crippen LogP contribution is -2.53. The number of rotatable bonds is 19. The van der Waals surface area contributed by atoms with Crippen molar-refractivity contribution in [1.29, 1.82) is 0 Å². The van der Waals surface area contributed by atoms with E-state index in [1.165, 1.54) is 12.1 Å². The normalized spacial score (nSPS) is 11.8. The van der Waals surface area contributed by atoms with Gasteiger partial charge in [-0.1, -0.05) is 19.3 Å². The van der Waals surface area contributed by atoms with Gasteiger partial charge in [0, 0.05) is 12.1 Å². The van der Waals surface area contributed by atoms with Crippen LogP contribution in [0, 0.1) is 10.1 Å². The molecule has 0 aliphatic rings. The van der Waals surface area contributed by atoms with Crippen molar-refractivity contribution in [2.75, 3.05) is 52.6 Å². The Labute approximate surface area is 212 Å². The van der Waals surface area contributed by atoms with Gasteiger partial charge in [0.15, 0.2) is 0 Å². The summed E-state index contributed by atoms with van der Waals surface area (Å²) in [5.74, 6) is 0.773. The first-order valence-electron chi connectivity index (χ1n) is 12.6. The molecule has 36 heavy (non-hydrogen) atoms. The quantitative estimate of drug-likeness (QED) is 0.0847. The highest BCUT2D eigenvalue weighted by atomic mass is 16.6. The molecule has 10 nitrogen and oxygen atoms in total. The molecule has 2 aromatic rings. The first-order chi connectivity index (χ1) is 17.5. The van der Waals surface area contributed by atoms with Crippen LogP contribution in [0.15, 0.2) is 58.8 Å². The number of aliphatic hydroxyl groups is 3. The van der Waals surface area contributed by atoms with Crippen LogP contribution in [-0.2, 0) is 0 Å². The Morgan fingerprint density at radius 3 is 1.67 bits per heavy atom. The smallest absolute Gasteiger partial charge is 0.269 e. The molecule has 2 rings (SSSR count).